The van der Waals surface area contributed by atoms with Gasteiger partial charge in [-0.25, -0.2) is 24.5 Å². The number of benzene rings is 2. The Morgan fingerprint density at radius 3 is 2.20 bits per heavy atom. The average Bonchev–Trinajstić information content (AvgIpc) is 4.07. The molecule has 0 aliphatic carbocycles. The highest BCUT2D eigenvalue weighted by atomic mass is 16.5. The first-order chi connectivity index (χ1) is 27.1. The number of alkyl carbamates (subject to hydrolysis) is 1. The van der Waals surface area contributed by atoms with E-state index < -0.39 is 29.9 Å². The molecule has 2 aromatic carbocycles. The summed E-state index contributed by atoms with van der Waals surface area (Å²) in [6.45, 7) is 2.74. The molecule has 5 aromatic rings. The zero-order valence-corrected chi connectivity index (χ0v) is 31.7. The van der Waals surface area contributed by atoms with Crippen molar-refractivity contribution in [1.82, 2.24) is 49.5 Å². The van der Waals surface area contributed by atoms with Gasteiger partial charge in [-0.1, -0.05) is 48.5 Å². The molecular formula is C40H44N10O6. The molecule has 0 unspecified atom stereocenters. The monoisotopic (exact) mass is 760 g/mol. The van der Waals surface area contributed by atoms with Gasteiger partial charge in [-0.05, 0) is 54.9 Å². The van der Waals surface area contributed by atoms with Crippen molar-refractivity contribution in [1.29, 1.82) is 0 Å². The summed E-state index contributed by atoms with van der Waals surface area (Å²) in [6, 6.07) is 14.6. The number of nitrogens with one attached hydrogen (secondary N) is 3. The Hall–Kier alpha value is -6.45. The Morgan fingerprint density at radius 2 is 1.55 bits per heavy atom. The summed E-state index contributed by atoms with van der Waals surface area (Å²) in [5.41, 5.74) is 5.15. The second-order valence-electron chi connectivity index (χ2n) is 14.5. The Kier molecular flexibility index (Phi) is 9.56. The molecule has 4 atom stereocenters. The van der Waals surface area contributed by atoms with Crippen LogP contribution in [0.15, 0.2) is 73.4 Å². The smallest absolute Gasteiger partial charge is 0.412 e. The first kappa shape index (κ1) is 36.5. The molecule has 3 aromatic heterocycles. The van der Waals surface area contributed by atoms with Gasteiger partial charge in [0.25, 0.3) is 0 Å². The summed E-state index contributed by atoms with van der Waals surface area (Å²) >= 11 is 0. The van der Waals surface area contributed by atoms with Crippen molar-refractivity contribution in [2.24, 2.45) is 7.05 Å². The maximum absolute atomic E-state index is 13.9. The van der Waals surface area contributed by atoms with Gasteiger partial charge >= 0.3 is 12.2 Å². The van der Waals surface area contributed by atoms with Crippen molar-refractivity contribution in [2.45, 2.75) is 62.8 Å². The maximum Gasteiger partial charge on any atom is 0.412 e. The van der Waals surface area contributed by atoms with E-state index in [-0.39, 0.29) is 24.3 Å². The van der Waals surface area contributed by atoms with Crippen LogP contribution in [0, 0.1) is 0 Å². The number of aryl methyl sites for hydroxylation is 1. The topological polar surface area (TPSA) is 184 Å². The quantitative estimate of drug-likeness (QED) is 0.191. The van der Waals surface area contributed by atoms with Crippen molar-refractivity contribution in [3.8, 4) is 33.6 Å². The van der Waals surface area contributed by atoms with Gasteiger partial charge < -0.3 is 39.1 Å². The van der Waals surface area contributed by atoms with Gasteiger partial charge in [-0.15, -0.1) is 0 Å². The average molecular weight is 761 g/mol. The van der Waals surface area contributed by atoms with E-state index in [0.717, 1.165) is 52.9 Å². The van der Waals surface area contributed by atoms with E-state index in [2.05, 4.69) is 42.1 Å². The molecule has 4 amide bonds. The summed E-state index contributed by atoms with van der Waals surface area (Å²) in [4.78, 5) is 77.8. The molecule has 3 N–H and O–H groups in total. The number of H-pyrrole nitrogens is 2. The van der Waals surface area contributed by atoms with Gasteiger partial charge in [0.1, 0.15) is 17.9 Å². The largest absolute Gasteiger partial charge is 0.453 e. The van der Waals surface area contributed by atoms with E-state index in [9.17, 15) is 19.2 Å². The number of aromatic nitrogens is 6. The van der Waals surface area contributed by atoms with Gasteiger partial charge in [0.15, 0.2) is 11.5 Å². The molecule has 16 heteroatoms. The molecule has 6 heterocycles. The number of nitrogens with zero attached hydrogens (tertiary/aromatic N) is 7. The highest BCUT2D eigenvalue weighted by Gasteiger charge is 2.63. The van der Waals surface area contributed by atoms with Gasteiger partial charge in [0, 0.05) is 32.8 Å². The highest BCUT2D eigenvalue weighted by molar-refractivity contribution is 5.91. The number of rotatable bonds is 9. The van der Waals surface area contributed by atoms with Crippen molar-refractivity contribution >= 4 is 24.0 Å². The minimum atomic E-state index is -1.09. The first-order valence-corrected chi connectivity index (χ1v) is 18.7. The minimum absolute atomic E-state index is 0.145. The number of methoxy groups -OCH3 is 2. The zero-order valence-electron chi connectivity index (χ0n) is 31.7. The van der Waals surface area contributed by atoms with Crippen LogP contribution in [0.2, 0.25) is 0 Å². The molecule has 290 valence electrons. The van der Waals surface area contributed by atoms with Crippen molar-refractivity contribution in [3.63, 3.8) is 0 Å². The summed E-state index contributed by atoms with van der Waals surface area (Å²) in [6.07, 6.45) is 8.97. The van der Waals surface area contributed by atoms with Gasteiger partial charge in [0.05, 0.1) is 56.1 Å². The lowest BCUT2D eigenvalue weighted by Crippen LogP contribution is -2.52. The third-order valence-corrected chi connectivity index (χ3v) is 11.2. The fraction of sp³-hybridized carbons (Fsp3) is 0.375. The van der Waals surface area contributed by atoms with Gasteiger partial charge in [-0.3, -0.25) is 14.5 Å². The van der Waals surface area contributed by atoms with Crippen LogP contribution in [0.4, 0.5) is 9.59 Å². The van der Waals surface area contributed by atoms with E-state index in [0.29, 0.717) is 36.9 Å². The highest BCUT2D eigenvalue weighted by Crippen LogP contribution is 2.48. The fourth-order valence-corrected chi connectivity index (χ4v) is 8.45. The van der Waals surface area contributed by atoms with Gasteiger partial charge in [0.2, 0.25) is 11.8 Å². The third kappa shape index (κ3) is 6.33. The number of carbonyl (C=O) groups excluding carboxylic acids is 4. The van der Waals surface area contributed by atoms with Gasteiger partial charge in [-0.2, -0.15) is 0 Å². The van der Waals surface area contributed by atoms with Crippen LogP contribution in [0.25, 0.3) is 33.6 Å². The van der Waals surface area contributed by atoms with Crippen LogP contribution in [0.5, 0.6) is 0 Å². The first-order valence-electron chi connectivity index (χ1n) is 18.7. The third-order valence-electron chi connectivity index (χ3n) is 11.2. The number of fused-ring (bicyclic) bond motifs is 1. The number of hydrogen-bond acceptors (Lipinski definition) is 9. The van der Waals surface area contributed by atoms with Crippen LogP contribution < -0.4 is 5.32 Å². The Morgan fingerprint density at radius 1 is 0.893 bits per heavy atom. The Labute approximate surface area is 323 Å². The molecular weight excluding hydrogens is 717 g/mol. The van der Waals surface area contributed by atoms with Crippen molar-refractivity contribution in [3.05, 3.63) is 90.8 Å². The summed E-state index contributed by atoms with van der Waals surface area (Å²) in [5, 5.41) is 2.56. The molecule has 3 aliphatic rings. The second-order valence-corrected chi connectivity index (χ2v) is 14.5. The molecule has 0 bridgehead atoms. The summed E-state index contributed by atoms with van der Waals surface area (Å²) in [5.74, 6) is 0.903. The Balaban J connectivity index is 0.973. The van der Waals surface area contributed by atoms with E-state index in [1.165, 1.54) is 14.2 Å². The van der Waals surface area contributed by atoms with Crippen LogP contribution in [-0.2, 0) is 38.2 Å². The number of ether oxygens (including phenoxy) is 2. The number of imidazole rings is 3. The summed E-state index contributed by atoms with van der Waals surface area (Å²) in [7, 11) is 4.47. The number of carbonyl (C=O) groups is 4. The normalized spacial score (nSPS) is 21.0. The molecule has 8 rings (SSSR count). The lowest BCUT2D eigenvalue weighted by molar-refractivity contribution is -0.134. The number of likely N-dealkylation sites (tertiary alicyclic amines) is 1. The van der Waals surface area contributed by atoms with E-state index in [4.69, 9.17) is 9.72 Å². The SMILES string of the molecule is COC(=O)N[C@@H](C)C(=O)N1CCC[C@H]1c1ncc(-c2ccc(-c3ccc(-c4cnc([C@]56CCCN5C(=O)[C@H](Cc5cn(C)cn5)N6C(=O)OC)[nH]4)cc3)cc2)[nH]1. The predicted octanol–water partition coefficient (Wildman–Crippen LogP) is 4.74. The molecule has 3 fully saturated rings. The van der Waals surface area contributed by atoms with Crippen molar-refractivity contribution < 1.29 is 28.7 Å². The molecule has 0 radical (unpaired) electrons. The van der Waals surface area contributed by atoms with E-state index in [1.807, 2.05) is 54.2 Å². The van der Waals surface area contributed by atoms with Crippen LogP contribution >= 0.6 is 0 Å². The Bertz CT molecular complexity index is 2260. The molecule has 16 nitrogen and oxygen atoms in total. The number of amides is 4. The summed E-state index contributed by atoms with van der Waals surface area (Å²) < 4.78 is 11.7. The minimum Gasteiger partial charge on any atom is -0.453 e. The lowest BCUT2D eigenvalue weighted by Gasteiger charge is -2.37. The van der Waals surface area contributed by atoms with Crippen molar-refractivity contribution in [2.75, 3.05) is 27.3 Å². The van der Waals surface area contributed by atoms with Crippen LogP contribution in [-0.4, -0.2) is 108 Å². The number of hydrogen-bond donors (Lipinski definition) is 3. The zero-order chi connectivity index (χ0) is 39.1. The molecule has 56 heavy (non-hydrogen) atoms. The van der Waals surface area contributed by atoms with Crippen LogP contribution in [0.3, 0.4) is 0 Å². The van der Waals surface area contributed by atoms with E-state index >= 15 is 0 Å². The second kappa shape index (κ2) is 14.7. The standard InChI is InChI=1S/C40H44N10O6/c1-24(44-38(53)55-3)35(51)48-17-5-7-32(48)34-41-20-30(45-34)27-12-8-25(9-13-27)26-10-14-28(15-11-26)31-21-42-37(46-31)40-16-6-18-49(40)36(52)33(50(40)39(54)56-4)19-29-22-47(2)23-43-29/h8-15,20-24,32-33H,5-7,16-19H2,1-4H3,(H,41,45)(H,42,46)(H,44,53)/t24-,32-,33-,40+/m0/s1. The van der Waals surface area contributed by atoms with E-state index in [1.54, 1.807) is 40.3 Å². The lowest BCUT2D eigenvalue weighted by atomic mass is 10.0. The fourth-order valence-electron chi connectivity index (χ4n) is 8.45. The molecule has 3 aliphatic heterocycles. The maximum atomic E-state index is 13.9. The number of aromatic amines is 2. The molecule has 3 saturated heterocycles. The predicted molar refractivity (Wildman–Crippen MR) is 203 cm³/mol. The van der Waals surface area contributed by atoms with Crippen LogP contribution in [0.1, 0.15) is 56.0 Å². The molecule has 0 saturated carbocycles. The molecule has 0 spiro atoms.